The lowest BCUT2D eigenvalue weighted by Gasteiger charge is -1.93. The van der Waals surface area contributed by atoms with Gasteiger partial charge in [0, 0.05) is 5.75 Å². The third-order valence-electron chi connectivity index (χ3n) is 0.571. The molecule has 0 aromatic carbocycles. The van der Waals surface area contributed by atoms with E-state index in [-0.39, 0.29) is 0 Å². The highest BCUT2D eigenvalue weighted by Gasteiger charge is 1.99. The summed E-state index contributed by atoms with van der Waals surface area (Å²) in [5.74, 6) is 0.941. The van der Waals surface area contributed by atoms with E-state index >= 15 is 0 Å². The molecule has 0 rings (SSSR count). The van der Waals surface area contributed by atoms with Crippen molar-refractivity contribution in [2.75, 3.05) is 11.5 Å². The zero-order chi connectivity index (χ0) is 7.11. The van der Waals surface area contributed by atoms with Crippen LogP contribution in [0.1, 0.15) is 0 Å². The van der Waals surface area contributed by atoms with Crippen LogP contribution < -0.4 is 0 Å². The van der Waals surface area contributed by atoms with Crippen molar-refractivity contribution >= 4 is 23.4 Å². The van der Waals surface area contributed by atoms with Crippen LogP contribution in [0.4, 0.5) is 0 Å². The molecule has 48 valence electrons. The molecule has 0 radical (unpaired) electrons. The van der Waals surface area contributed by atoms with Crippen LogP contribution in [0.5, 0.6) is 0 Å². The van der Waals surface area contributed by atoms with Crippen molar-refractivity contribution < 1.29 is 0 Å². The molecule has 1 unspecified atom stereocenters. The average Bonchev–Trinajstić information content (AvgIpc) is 1.89. The third kappa shape index (κ3) is 5.49. The highest BCUT2D eigenvalue weighted by atomic mass is 35.5. The molecular weight excluding hydrogens is 156 g/mol. The van der Waals surface area contributed by atoms with Gasteiger partial charge in [-0.05, 0) is 0 Å². The van der Waals surface area contributed by atoms with Crippen molar-refractivity contribution in [3.8, 4) is 12.1 Å². The Hall–Kier alpha value is -0.380. The Bertz CT molecular complexity index is 146. The largest absolute Gasteiger partial charge is 0.197 e. The van der Waals surface area contributed by atoms with E-state index in [9.17, 15) is 0 Å². The van der Waals surface area contributed by atoms with Crippen LogP contribution in [-0.2, 0) is 0 Å². The van der Waals surface area contributed by atoms with Crippen LogP contribution >= 0.6 is 23.4 Å². The third-order valence-corrected chi connectivity index (χ3v) is 1.91. The van der Waals surface area contributed by atoms with Gasteiger partial charge in [-0.15, -0.1) is 23.4 Å². The maximum atomic E-state index is 8.16. The first-order chi connectivity index (χ1) is 4.31. The van der Waals surface area contributed by atoms with Gasteiger partial charge in [0.1, 0.15) is 5.38 Å². The molecule has 0 saturated carbocycles. The Labute approximate surface area is 63.4 Å². The second-order valence-electron chi connectivity index (χ2n) is 1.27. The van der Waals surface area contributed by atoms with Gasteiger partial charge >= 0.3 is 0 Å². The minimum absolute atomic E-state index is 0.408. The number of alkyl halides is 1. The lowest BCUT2D eigenvalue weighted by Crippen LogP contribution is -1.97. The predicted octanol–water partition coefficient (Wildman–Crippen LogP) is 1.37. The predicted molar refractivity (Wildman–Crippen MR) is 38.2 cm³/mol. The number of hydrogen-bond donors (Lipinski definition) is 0. The summed E-state index contributed by atoms with van der Waals surface area (Å²) in [6.07, 6.45) is 0. The first kappa shape index (κ1) is 8.62. The molecule has 0 aromatic heterocycles. The molecule has 0 aliphatic carbocycles. The van der Waals surface area contributed by atoms with Gasteiger partial charge in [0.15, 0.2) is 0 Å². The molecule has 0 saturated heterocycles. The molecule has 4 heteroatoms. The van der Waals surface area contributed by atoms with E-state index in [1.807, 2.05) is 12.1 Å². The summed E-state index contributed by atoms with van der Waals surface area (Å²) in [6, 6.07) is 3.80. The summed E-state index contributed by atoms with van der Waals surface area (Å²) in [6.45, 7) is 0. The Balaban J connectivity index is 3.12. The summed E-state index contributed by atoms with van der Waals surface area (Å²) in [5.41, 5.74) is 0. The molecule has 9 heavy (non-hydrogen) atoms. The highest BCUT2D eigenvalue weighted by molar-refractivity contribution is 7.99. The van der Waals surface area contributed by atoms with Crippen molar-refractivity contribution in [3.63, 3.8) is 0 Å². The first-order valence-electron chi connectivity index (χ1n) is 2.29. The summed E-state index contributed by atoms with van der Waals surface area (Å²) in [4.78, 5) is 0. The molecule has 0 aromatic rings. The summed E-state index contributed by atoms with van der Waals surface area (Å²) < 4.78 is 0. The van der Waals surface area contributed by atoms with Gasteiger partial charge in [-0.3, -0.25) is 0 Å². The summed E-state index contributed by atoms with van der Waals surface area (Å²) >= 11 is 6.78. The zero-order valence-electron chi connectivity index (χ0n) is 4.67. The number of hydrogen-bond acceptors (Lipinski definition) is 3. The van der Waals surface area contributed by atoms with Gasteiger partial charge in [0.2, 0.25) is 0 Å². The molecule has 0 aliphatic rings. The van der Waals surface area contributed by atoms with Gasteiger partial charge < -0.3 is 0 Å². The van der Waals surface area contributed by atoms with Gasteiger partial charge in [-0.1, -0.05) is 0 Å². The van der Waals surface area contributed by atoms with Crippen LogP contribution in [0.3, 0.4) is 0 Å². The lowest BCUT2D eigenvalue weighted by molar-refractivity contribution is 1.25. The fraction of sp³-hybridized carbons (Fsp3) is 0.600. The van der Waals surface area contributed by atoms with Crippen LogP contribution in [0.2, 0.25) is 0 Å². The van der Waals surface area contributed by atoms with Gasteiger partial charge in [0.25, 0.3) is 0 Å². The first-order valence-corrected chi connectivity index (χ1v) is 3.88. The van der Waals surface area contributed by atoms with Crippen LogP contribution in [0.25, 0.3) is 0 Å². The van der Waals surface area contributed by atoms with Crippen LogP contribution in [0.15, 0.2) is 0 Å². The van der Waals surface area contributed by atoms with E-state index in [0.29, 0.717) is 11.5 Å². The number of halogens is 1. The highest BCUT2D eigenvalue weighted by Crippen LogP contribution is 2.05. The normalized spacial score (nSPS) is 11.4. The van der Waals surface area contributed by atoms with Gasteiger partial charge in [-0.2, -0.15) is 10.5 Å². The monoisotopic (exact) mass is 160 g/mol. The number of rotatable bonds is 3. The molecule has 0 N–H and O–H groups in total. The van der Waals surface area contributed by atoms with E-state index in [0.717, 1.165) is 0 Å². The summed E-state index contributed by atoms with van der Waals surface area (Å²) in [7, 11) is 0. The molecule has 0 spiro atoms. The Morgan fingerprint density at radius 2 is 2.22 bits per heavy atom. The smallest absolute Gasteiger partial charge is 0.129 e. The molecular formula is C5H5ClN2S. The number of thioether (sulfide) groups is 1. The van der Waals surface area contributed by atoms with E-state index in [1.165, 1.54) is 11.8 Å². The molecule has 0 heterocycles. The molecule has 0 aliphatic heterocycles. The summed E-state index contributed by atoms with van der Waals surface area (Å²) in [5, 5.41) is 15.8. The molecule has 2 nitrogen and oxygen atoms in total. The van der Waals surface area contributed by atoms with Crippen molar-refractivity contribution in [2.24, 2.45) is 0 Å². The van der Waals surface area contributed by atoms with E-state index in [2.05, 4.69) is 0 Å². The lowest BCUT2D eigenvalue weighted by atomic mass is 10.5. The van der Waals surface area contributed by atoms with Crippen molar-refractivity contribution in [1.29, 1.82) is 10.5 Å². The SMILES string of the molecule is N#CCSCC(Cl)C#N. The molecule has 0 fully saturated rings. The average molecular weight is 161 g/mol. The fourth-order valence-corrected chi connectivity index (χ4v) is 1.00. The van der Waals surface area contributed by atoms with Crippen LogP contribution in [-0.4, -0.2) is 16.9 Å². The van der Waals surface area contributed by atoms with Crippen LogP contribution in [0, 0.1) is 22.7 Å². The maximum Gasteiger partial charge on any atom is 0.129 e. The van der Waals surface area contributed by atoms with E-state index in [4.69, 9.17) is 22.1 Å². The Morgan fingerprint density at radius 1 is 1.56 bits per heavy atom. The van der Waals surface area contributed by atoms with Gasteiger partial charge in [0.05, 0.1) is 17.9 Å². The maximum absolute atomic E-state index is 8.16. The van der Waals surface area contributed by atoms with E-state index in [1.54, 1.807) is 0 Å². The standard InChI is InChI=1S/C5H5ClN2S/c6-5(3-8)4-9-2-1-7/h5H,2,4H2. The fourth-order valence-electron chi connectivity index (χ4n) is 0.245. The molecule has 1 atom stereocenters. The quantitative estimate of drug-likeness (QED) is 0.463. The van der Waals surface area contributed by atoms with E-state index < -0.39 is 5.38 Å². The number of nitriles is 2. The minimum Gasteiger partial charge on any atom is -0.197 e. The zero-order valence-corrected chi connectivity index (χ0v) is 6.24. The van der Waals surface area contributed by atoms with Crippen molar-refractivity contribution in [1.82, 2.24) is 0 Å². The second kappa shape index (κ2) is 5.75. The van der Waals surface area contributed by atoms with Crippen molar-refractivity contribution in [2.45, 2.75) is 5.38 Å². The number of nitrogens with zero attached hydrogens (tertiary/aromatic N) is 2. The minimum atomic E-state index is -0.455. The topological polar surface area (TPSA) is 47.6 Å². The van der Waals surface area contributed by atoms with Gasteiger partial charge in [-0.25, -0.2) is 0 Å². The Kier molecular flexibility index (Phi) is 5.51. The molecule has 0 bridgehead atoms. The molecule has 0 amide bonds. The Morgan fingerprint density at radius 3 is 2.67 bits per heavy atom. The second-order valence-corrected chi connectivity index (χ2v) is 2.83. The van der Waals surface area contributed by atoms with Crippen molar-refractivity contribution in [3.05, 3.63) is 0 Å².